The van der Waals surface area contributed by atoms with Crippen molar-refractivity contribution < 1.29 is 13.2 Å². The Hall–Kier alpha value is -2.38. The molecule has 1 unspecified atom stereocenters. The predicted octanol–water partition coefficient (Wildman–Crippen LogP) is 2.29. The molecule has 4 heterocycles. The molecule has 7 heteroatoms. The van der Waals surface area contributed by atoms with Crippen LogP contribution in [0.2, 0.25) is 0 Å². The molecule has 1 atom stereocenters. The standard InChI is InChI=1S/C19H19N3O3S/c23-26(24,17-5-1-3-13-7-10-25-19(13)17)22-12-15(14-6-9-20-11-14)18-16(22)4-2-8-21-18/h1-5,8,12,14,20H,6-7,9-11H2. The van der Waals surface area contributed by atoms with E-state index in [9.17, 15) is 8.42 Å². The second-order valence-electron chi connectivity index (χ2n) is 6.79. The van der Waals surface area contributed by atoms with Gasteiger partial charge >= 0.3 is 0 Å². The third kappa shape index (κ3) is 2.27. The van der Waals surface area contributed by atoms with E-state index in [-0.39, 0.29) is 10.8 Å². The van der Waals surface area contributed by atoms with Crippen molar-refractivity contribution in [2.75, 3.05) is 19.7 Å². The summed E-state index contributed by atoms with van der Waals surface area (Å²) in [6.07, 6.45) is 5.19. The van der Waals surface area contributed by atoms with Crippen LogP contribution in [0.25, 0.3) is 11.0 Å². The van der Waals surface area contributed by atoms with Crippen LogP contribution in [0.4, 0.5) is 0 Å². The minimum absolute atomic E-state index is 0.226. The van der Waals surface area contributed by atoms with E-state index < -0.39 is 10.0 Å². The number of nitrogens with zero attached hydrogens (tertiary/aromatic N) is 2. The highest BCUT2D eigenvalue weighted by atomic mass is 32.2. The smallest absolute Gasteiger partial charge is 0.271 e. The number of aromatic nitrogens is 2. The average molecular weight is 369 g/mol. The number of nitrogens with one attached hydrogen (secondary N) is 1. The lowest BCUT2D eigenvalue weighted by Gasteiger charge is -2.11. The zero-order valence-corrected chi connectivity index (χ0v) is 15.0. The molecule has 0 aliphatic carbocycles. The molecule has 2 aliphatic heterocycles. The Kier molecular flexibility index (Phi) is 3.55. The molecule has 1 N–H and O–H groups in total. The van der Waals surface area contributed by atoms with E-state index in [0.29, 0.717) is 17.9 Å². The SMILES string of the molecule is O=S(=O)(c1cccc2c1OCC2)n1cc(C2CCNC2)c2ncccc21. The number of hydrogen-bond donors (Lipinski definition) is 1. The van der Waals surface area contributed by atoms with Crippen molar-refractivity contribution >= 4 is 21.1 Å². The first-order valence-corrected chi connectivity index (χ1v) is 10.3. The van der Waals surface area contributed by atoms with Gasteiger partial charge in [-0.15, -0.1) is 0 Å². The van der Waals surface area contributed by atoms with Crippen LogP contribution in [-0.4, -0.2) is 37.1 Å². The second kappa shape index (κ2) is 5.82. The Labute approximate surface area is 151 Å². The van der Waals surface area contributed by atoms with E-state index in [1.807, 2.05) is 12.1 Å². The van der Waals surface area contributed by atoms with Gasteiger partial charge in [0, 0.05) is 36.8 Å². The van der Waals surface area contributed by atoms with Gasteiger partial charge in [-0.05, 0) is 36.7 Å². The fourth-order valence-corrected chi connectivity index (χ4v) is 5.51. The first-order chi connectivity index (χ1) is 12.7. The molecule has 1 fully saturated rings. The van der Waals surface area contributed by atoms with Gasteiger partial charge < -0.3 is 10.1 Å². The Morgan fingerprint density at radius 2 is 2.15 bits per heavy atom. The number of pyridine rings is 1. The molecule has 0 radical (unpaired) electrons. The van der Waals surface area contributed by atoms with Gasteiger partial charge in [0.15, 0.2) is 0 Å². The van der Waals surface area contributed by atoms with Crippen LogP contribution >= 0.6 is 0 Å². The number of ether oxygens (including phenoxy) is 1. The number of rotatable bonds is 3. The van der Waals surface area contributed by atoms with Crippen molar-refractivity contribution in [3.05, 3.63) is 53.9 Å². The van der Waals surface area contributed by atoms with E-state index >= 15 is 0 Å². The zero-order chi connectivity index (χ0) is 17.7. The Morgan fingerprint density at radius 1 is 1.23 bits per heavy atom. The van der Waals surface area contributed by atoms with Crippen molar-refractivity contribution in [2.45, 2.75) is 23.7 Å². The molecule has 2 aliphatic rings. The maximum Gasteiger partial charge on any atom is 0.271 e. The highest BCUT2D eigenvalue weighted by Crippen LogP contribution is 2.37. The largest absolute Gasteiger partial charge is 0.492 e. The summed E-state index contributed by atoms with van der Waals surface area (Å²) >= 11 is 0. The molecule has 1 aromatic carbocycles. The van der Waals surface area contributed by atoms with Crippen LogP contribution in [0.5, 0.6) is 5.75 Å². The molecule has 1 saturated heterocycles. The Balaban J connectivity index is 1.73. The van der Waals surface area contributed by atoms with Crippen LogP contribution in [0, 0.1) is 0 Å². The van der Waals surface area contributed by atoms with E-state index in [1.165, 1.54) is 3.97 Å². The van der Waals surface area contributed by atoms with Crippen molar-refractivity contribution in [1.82, 2.24) is 14.3 Å². The first kappa shape index (κ1) is 15.8. The quantitative estimate of drug-likeness (QED) is 0.767. The molecule has 0 bridgehead atoms. The lowest BCUT2D eigenvalue weighted by atomic mass is 10.0. The molecule has 0 spiro atoms. The predicted molar refractivity (Wildman–Crippen MR) is 98.2 cm³/mol. The van der Waals surface area contributed by atoms with Crippen LogP contribution in [0.3, 0.4) is 0 Å². The molecule has 3 aromatic rings. The number of benzene rings is 1. The third-order valence-corrected chi connectivity index (χ3v) is 6.97. The van der Waals surface area contributed by atoms with Crippen LogP contribution in [-0.2, 0) is 16.4 Å². The number of hydrogen-bond acceptors (Lipinski definition) is 5. The fraction of sp³-hybridized carbons (Fsp3) is 0.316. The van der Waals surface area contributed by atoms with Crippen LogP contribution in [0.1, 0.15) is 23.5 Å². The Bertz CT molecular complexity index is 1100. The van der Waals surface area contributed by atoms with Crippen LogP contribution in [0.15, 0.2) is 47.6 Å². The summed E-state index contributed by atoms with van der Waals surface area (Å²) in [6, 6.07) is 8.92. The molecule has 0 amide bonds. The summed E-state index contributed by atoms with van der Waals surface area (Å²) in [5, 5.41) is 3.34. The zero-order valence-electron chi connectivity index (χ0n) is 14.2. The number of fused-ring (bicyclic) bond motifs is 2. The van der Waals surface area contributed by atoms with Gasteiger partial charge in [0.05, 0.1) is 17.6 Å². The topological polar surface area (TPSA) is 73.2 Å². The van der Waals surface area contributed by atoms with E-state index in [2.05, 4.69) is 10.3 Å². The van der Waals surface area contributed by atoms with Crippen molar-refractivity contribution in [2.24, 2.45) is 0 Å². The molecule has 6 nitrogen and oxygen atoms in total. The molecule has 2 aromatic heterocycles. The maximum atomic E-state index is 13.5. The van der Waals surface area contributed by atoms with E-state index in [1.54, 1.807) is 30.6 Å². The summed E-state index contributed by atoms with van der Waals surface area (Å²) in [6.45, 7) is 2.31. The van der Waals surface area contributed by atoms with Crippen molar-refractivity contribution in [1.29, 1.82) is 0 Å². The van der Waals surface area contributed by atoms with Gasteiger partial charge in [-0.3, -0.25) is 4.98 Å². The van der Waals surface area contributed by atoms with Gasteiger partial charge in [0.1, 0.15) is 10.6 Å². The van der Waals surface area contributed by atoms with Crippen molar-refractivity contribution in [3.63, 3.8) is 0 Å². The number of para-hydroxylation sites is 1. The Morgan fingerprint density at radius 3 is 3.00 bits per heavy atom. The summed E-state index contributed by atoms with van der Waals surface area (Å²) in [4.78, 5) is 4.71. The lowest BCUT2D eigenvalue weighted by molar-refractivity contribution is 0.348. The van der Waals surface area contributed by atoms with Gasteiger partial charge in [0.2, 0.25) is 0 Å². The average Bonchev–Trinajstić information content (AvgIpc) is 3.39. The van der Waals surface area contributed by atoms with Gasteiger partial charge in [-0.25, -0.2) is 12.4 Å². The molecular formula is C19H19N3O3S. The van der Waals surface area contributed by atoms with Crippen LogP contribution < -0.4 is 10.1 Å². The third-order valence-electron chi connectivity index (χ3n) is 5.27. The minimum atomic E-state index is -3.77. The van der Waals surface area contributed by atoms with Gasteiger partial charge in [0.25, 0.3) is 10.0 Å². The second-order valence-corrected chi connectivity index (χ2v) is 8.57. The highest BCUT2D eigenvalue weighted by Gasteiger charge is 2.30. The van der Waals surface area contributed by atoms with Gasteiger partial charge in [-0.1, -0.05) is 12.1 Å². The van der Waals surface area contributed by atoms with E-state index in [0.717, 1.165) is 42.6 Å². The molecule has 5 rings (SSSR count). The molecule has 0 saturated carbocycles. The van der Waals surface area contributed by atoms with Gasteiger partial charge in [-0.2, -0.15) is 0 Å². The lowest BCUT2D eigenvalue weighted by Crippen LogP contribution is -2.13. The summed E-state index contributed by atoms with van der Waals surface area (Å²) in [5.74, 6) is 0.768. The van der Waals surface area contributed by atoms with Crippen molar-refractivity contribution in [3.8, 4) is 5.75 Å². The molecule has 26 heavy (non-hydrogen) atoms. The minimum Gasteiger partial charge on any atom is -0.492 e. The summed E-state index contributed by atoms with van der Waals surface area (Å²) in [7, 11) is -3.77. The summed E-state index contributed by atoms with van der Waals surface area (Å²) in [5.41, 5.74) is 3.31. The highest BCUT2D eigenvalue weighted by molar-refractivity contribution is 7.90. The fourth-order valence-electron chi connectivity index (χ4n) is 3.97. The normalized spacial score (nSPS) is 19.6. The maximum absolute atomic E-state index is 13.5. The van der Waals surface area contributed by atoms with E-state index in [4.69, 9.17) is 4.74 Å². The molecular weight excluding hydrogens is 350 g/mol. The first-order valence-electron chi connectivity index (χ1n) is 8.83. The molecule has 134 valence electrons. The monoisotopic (exact) mass is 369 g/mol. The summed E-state index contributed by atoms with van der Waals surface area (Å²) < 4.78 is 34.0.